The zero-order valence-corrected chi connectivity index (χ0v) is 9.20. The molecule has 1 aliphatic carbocycles. The lowest BCUT2D eigenvalue weighted by atomic mass is 9.87. The number of allylic oxidation sites excluding steroid dienone is 4. The van der Waals surface area contributed by atoms with Crippen molar-refractivity contribution in [3.05, 3.63) is 47.6 Å². The molecule has 1 N–H and O–H groups in total. The monoisotopic (exact) mass is 200 g/mol. The van der Waals surface area contributed by atoms with Gasteiger partial charge in [0, 0.05) is 5.56 Å². The molecular weight excluding hydrogens is 184 g/mol. The predicted molar refractivity (Wildman–Crippen MR) is 63.7 cm³/mol. The van der Waals surface area contributed by atoms with Crippen LogP contribution in [0.1, 0.15) is 24.5 Å². The standard InChI is InChI=1S/C14H16O/c1-10-7-8-13(14(15)9-10)12-6-4-3-5-11(12)2/h3-4,6-9,11,15H,5H2,1-2H3. The molecule has 0 heterocycles. The van der Waals surface area contributed by atoms with E-state index in [1.165, 1.54) is 5.57 Å². The van der Waals surface area contributed by atoms with Crippen LogP contribution in [-0.4, -0.2) is 5.11 Å². The number of phenols is 1. The smallest absolute Gasteiger partial charge is 0.123 e. The molecule has 15 heavy (non-hydrogen) atoms. The average Bonchev–Trinajstić information content (AvgIpc) is 2.20. The summed E-state index contributed by atoms with van der Waals surface area (Å²) in [4.78, 5) is 0. The van der Waals surface area contributed by atoms with Crippen LogP contribution in [0, 0.1) is 12.8 Å². The third-order valence-corrected chi connectivity index (χ3v) is 2.90. The summed E-state index contributed by atoms with van der Waals surface area (Å²) in [5.41, 5.74) is 3.29. The molecule has 1 atom stereocenters. The minimum absolute atomic E-state index is 0.392. The van der Waals surface area contributed by atoms with E-state index < -0.39 is 0 Å². The molecule has 1 unspecified atom stereocenters. The van der Waals surface area contributed by atoms with Gasteiger partial charge in [-0.1, -0.05) is 37.3 Å². The first-order valence-corrected chi connectivity index (χ1v) is 5.35. The molecule has 1 aliphatic rings. The lowest BCUT2D eigenvalue weighted by Crippen LogP contribution is -2.00. The van der Waals surface area contributed by atoms with Crippen LogP contribution in [0.2, 0.25) is 0 Å². The maximum absolute atomic E-state index is 9.90. The highest BCUT2D eigenvalue weighted by Gasteiger charge is 2.14. The lowest BCUT2D eigenvalue weighted by Gasteiger charge is -2.18. The van der Waals surface area contributed by atoms with Crippen LogP contribution in [0.3, 0.4) is 0 Å². The van der Waals surface area contributed by atoms with Crippen molar-refractivity contribution in [3.63, 3.8) is 0 Å². The molecule has 1 heteroatoms. The molecule has 0 aromatic heterocycles. The van der Waals surface area contributed by atoms with Crippen LogP contribution in [0.25, 0.3) is 5.57 Å². The Morgan fingerprint density at radius 2 is 2.13 bits per heavy atom. The first-order valence-electron chi connectivity index (χ1n) is 5.35. The fourth-order valence-corrected chi connectivity index (χ4v) is 1.99. The maximum Gasteiger partial charge on any atom is 0.123 e. The maximum atomic E-state index is 9.90. The highest BCUT2D eigenvalue weighted by atomic mass is 16.3. The van der Waals surface area contributed by atoms with Gasteiger partial charge in [0.05, 0.1) is 0 Å². The molecule has 2 rings (SSSR count). The Labute approximate surface area is 90.8 Å². The number of hydrogen-bond donors (Lipinski definition) is 1. The van der Waals surface area contributed by atoms with Gasteiger partial charge in [-0.05, 0) is 36.5 Å². The third-order valence-electron chi connectivity index (χ3n) is 2.90. The van der Waals surface area contributed by atoms with E-state index in [0.29, 0.717) is 11.7 Å². The first kappa shape index (κ1) is 10.0. The average molecular weight is 200 g/mol. The van der Waals surface area contributed by atoms with Gasteiger partial charge in [-0.25, -0.2) is 0 Å². The van der Waals surface area contributed by atoms with E-state index in [1.807, 2.05) is 25.1 Å². The summed E-state index contributed by atoms with van der Waals surface area (Å²) in [5.74, 6) is 0.881. The van der Waals surface area contributed by atoms with E-state index in [9.17, 15) is 5.11 Å². The summed E-state index contributed by atoms with van der Waals surface area (Å²) >= 11 is 0. The number of phenolic OH excluding ortho intramolecular Hbond substituents is 1. The number of rotatable bonds is 1. The predicted octanol–water partition coefficient (Wildman–Crippen LogP) is 3.68. The lowest BCUT2D eigenvalue weighted by molar-refractivity contribution is 0.472. The highest BCUT2D eigenvalue weighted by Crippen LogP contribution is 2.34. The van der Waals surface area contributed by atoms with Gasteiger partial charge in [-0.3, -0.25) is 0 Å². The largest absolute Gasteiger partial charge is 0.507 e. The Bertz CT molecular complexity index is 427. The topological polar surface area (TPSA) is 20.2 Å². The minimum Gasteiger partial charge on any atom is -0.507 e. The zero-order valence-electron chi connectivity index (χ0n) is 9.20. The summed E-state index contributed by atoms with van der Waals surface area (Å²) in [5, 5.41) is 9.90. The normalized spacial score (nSPS) is 20.1. The van der Waals surface area contributed by atoms with E-state index in [2.05, 4.69) is 25.2 Å². The Hall–Kier alpha value is -1.50. The molecule has 0 radical (unpaired) electrons. The van der Waals surface area contributed by atoms with Crippen molar-refractivity contribution < 1.29 is 5.11 Å². The zero-order chi connectivity index (χ0) is 10.8. The number of aromatic hydroxyl groups is 1. The number of aryl methyl sites for hydroxylation is 1. The fraction of sp³-hybridized carbons (Fsp3) is 0.286. The number of hydrogen-bond acceptors (Lipinski definition) is 1. The van der Waals surface area contributed by atoms with Gasteiger partial charge < -0.3 is 5.11 Å². The molecule has 1 aromatic carbocycles. The van der Waals surface area contributed by atoms with Crippen molar-refractivity contribution in [2.24, 2.45) is 5.92 Å². The van der Waals surface area contributed by atoms with Crippen molar-refractivity contribution in [1.29, 1.82) is 0 Å². The summed E-state index contributed by atoms with van der Waals surface area (Å²) in [7, 11) is 0. The van der Waals surface area contributed by atoms with Crippen molar-refractivity contribution in [1.82, 2.24) is 0 Å². The quantitative estimate of drug-likeness (QED) is 0.733. The van der Waals surface area contributed by atoms with E-state index in [1.54, 1.807) is 0 Å². The summed E-state index contributed by atoms with van der Waals surface area (Å²) in [6.45, 7) is 4.18. The SMILES string of the molecule is Cc1ccc(C2=CC=CCC2C)c(O)c1. The van der Waals surface area contributed by atoms with Gasteiger partial charge in [0.1, 0.15) is 5.75 Å². The highest BCUT2D eigenvalue weighted by molar-refractivity contribution is 5.74. The van der Waals surface area contributed by atoms with Gasteiger partial charge in [0.25, 0.3) is 0 Å². The van der Waals surface area contributed by atoms with Crippen LogP contribution in [0.4, 0.5) is 0 Å². The van der Waals surface area contributed by atoms with E-state index in [4.69, 9.17) is 0 Å². The van der Waals surface area contributed by atoms with Gasteiger partial charge >= 0.3 is 0 Å². The summed E-state index contributed by atoms with van der Waals surface area (Å²) < 4.78 is 0. The molecule has 1 nitrogen and oxygen atoms in total. The molecule has 1 aromatic rings. The molecule has 0 saturated carbocycles. The molecule has 0 amide bonds. The third kappa shape index (κ3) is 1.96. The second-order valence-corrected chi connectivity index (χ2v) is 4.21. The van der Waals surface area contributed by atoms with Crippen molar-refractivity contribution in [2.45, 2.75) is 20.3 Å². The molecule has 0 fully saturated rings. The van der Waals surface area contributed by atoms with Gasteiger partial charge in [-0.15, -0.1) is 0 Å². The van der Waals surface area contributed by atoms with Crippen LogP contribution >= 0.6 is 0 Å². The van der Waals surface area contributed by atoms with E-state index in [-0.39, 0.29) is 0 Å². The van der Waals surface area contributed by atoms with Crippen LogP contribution < -0.4 is 0 Å². The van der Waals surface area contributed by atoms with Gasteiger partial charge in [0.2, 0.25) is 0 Å². The summed E-state index contributed by atoms with van der Waals surface area (Å²) in [6.07, 6.45) is 7.38. The Balaban J connectivity index is 2.45. The van der Waals surface area contributed by atoms with Crippen LogP contribution in [0.15, 0.2) is 36.4 Å². The first-order chi connectivity index (χ1) is 7.18. The van der Waals surface area contributed by atoms with Crippen molar-refractivity contribution in [3.8, 4) is 5.75 Å². The Morgan fingerprint density at radius 3 is 2.80 bits per heavy atom. The second-order valence-electron chi connectivity index (χ2n) is 4.21. The molecule has 0 spiro atoms. The molecule has 0 saturated heterocycles. The summed E-state index contributed by atoms with van der Waals surface area (Å²) in [6, 6.07) is 5.87. The van der Waals surface area contributed by atoms with Crippen molar-refractivity contribution in [2.75, 3.05) is 0 Å². The Morgan fingerprint density at radius 1 is 1.33 bits per heavy atom. The number of benzene rings is 1. The molecule has 78 valence electrons. The fourth-order valence-electron chi connectivity index (χ4n) is 1.99. The van der Waals surface area contributed by atoms with E-state index >= 15 is 0 Å². The van der Waals surface area contributed by atoms with Crippen molar-refractivity contribution >= 4 is 5.57 Å². The minimum atomic E-state index is 0.392. The molecule has 0 aliphatic heterocycles. The van der Waals surface area contributed by atoms with Gasteiger partial charge in [-0.2, -0.15) is 0 Å². The molecular formula is C14H16O. The molecule has 0 bridgehead atoms. The van der Waals surface area contributed by atoms with E-state index in [0.717, 1.165) is 17.5 Å². The van der Waals surface area contributed by atoms with Crippen LogP contribution in [-0.2, 0) is 0 Å². The second kappa shape index (κ2) is 3.93. The van der Waals surface area contributed by atoms with Gasteiger partial charge in [0.15, 0.2) is 0 Å². The Kier molecular flexibility index (Phi) is 2.63. The van der Waals surface area contributed by atoms with Crippen LogP contribution in [0.5, 0.6) is 5.75 Å².